The number of carbonyl (C=O) groups is 2. The van der Waals surface area contributed by atoms with E-state index in [1.165, 1.54) is 29.4 Å². The van der Waals surface area contributed by atoms with Crippen molar-refractivity contribution in [3.05, 3.63) is 51.9 Å². The van der Waals surface area contributed by atoms with E-state index in [-0.39, 0.29) is 49.5 Å². The van der Waals surface area contributed by atoms with Gasteiger partial charge in [-0.1, -0.05) is 11.6 Å². The maximum absolute atomic E-state index is 13.0. The first-order valence-electron chi connectivity index (χ1n) is 9.69. The quantitative estimate of drug-likeness (QED) is 0.495. The Morgan fingerprint density at radius 2 is 2.12 bits per heavy atom. The lowest BCUT2D eigenvalue weighted by Crippen LogP contribution is -2.34. The summed E-state index contributed by atoms with van der Waals surface area (Å²) in [6, 6.07) is 2.88. The molecule has 178 valence electrons. The zero-order valence-electron chi connectivity index (χ0n) is 17.0. The third-order valence-corrected chi connectivity index (χ3v) is 5.00. The number of halogens is 5. The molecule has 0 saturated carbocycles. The maximum atomic E-state index is 13.0. The molecule has 0 atom stereocenters. The summed E-state index contributed by atoms with van der Waals surface area (Å²) in [5, 5.41) is 11.1. The molecule has 0 fully saturated rings. The second-order valence-corrected chi connectivity index (χ2v) is 7.58. The Bertz CT molecular complexity index is 1040. The van der Waals surface area contributed by atoms with Gasteiger partial charge in [-0.25, -0.2) is 13.8 Å². The topological polar surface area (TPSA) is 105 Å². The van der Waals surface area contributed by atoms with Crippen molar-refractivity contribution in [2.45, 2.75) is 31.9 Å². The van der Waals surface area contributed by atoms with E-state index in [0.29, 0.717) is 22.4 Å². The zero-order valence-corrected chi connectivity index (χ0v) is 17.8. The van der Waals surface area contributed by atoms with Crippen LogP contribution in [0.15, 0.2) is 24.5 Å². The molecule has 2 amide bonds. The van der Waals surface area contributed by atoms with Crippen LogP contribution < -0.4 is 10.1 Å². The summed E-state index contributed by atoms with van der Waals surface area (Å²) in [4.78, 5) is 34.2. The number of rotatable bonds is 10. The Morgan fingerprint density at radius 3 is 2.79 bits per heavy atom. The van der Waals surface area contributed by atoms with Crippen LogP contribution in [-0.4, -0.2) is 63.9 Å². The number of alkyl halides is 4. The van der Waals surface area contributed by atoms with Crippen molar-refractivity contribution in [1.29, 1.82) is 0 Å². The minimum atomic E-state index is -4.35. The molecule has 0 unspecified atom stereocenters. The minimum absolute atomic E-state index is 0.0594. The number of pyridine rings is 2. The van der Waals surface area contributed by atoms with E-state index in [2.05, 4.69) is 20.0 Å². The molecule has 8 nitrogen and oxygen atoms in total. The molecule has 33 heavy (non-hydrogen) atoms. The molecule has 13 heteroatoms. The number of aromatic nitrogens is 2. The van der Waals surface area contributed by atoms with Crippen LogP contribution in [0.4, 0.5) is 17.6 Å². The summed E-state index contributed by atoms with van der Waals surface area (Å²) < 4.78 is 55.2. The lowest BCUT2D eigenvalue weighted by molar-refractivity contribution is -0.148. The van der Waals surface area contributed by atoms with Crippen molar-refractivity contribution >= 4 is 23.4 Å². The van der Waals surface area contributed by atoms with Gasteiger partial charge in [0.1, 0.15) is 5.02 Å². The number of nitrogens with one attached hydrogen (secondary N) is 1. The predicted octanol–water partition coefficient (Wildman–Crippen LogP) is 2.22. The van der Waals surface area contributed by atoms with Crippen LogP contribution in [0.2, 0.25) is 5.02 Å². The van der Waals surface area contributed by atoms with Crippen LogP contribution in [0.1, 0.15) is 27.2 Å². The number of carbonyl (C=O) groups excluding carboxylic acids is 2. The molecule has 1 aliphatic heterocycles. The van der Waals surface area contributed by atoms with E-state index in [4.69, 9.17) is 16.7 Å². The fourth-order valence-corrected chi connectivity index (χ4v) is 3.38. The van der Waals surface area contributed by atoms with Crippen LogP contribution in [0.3, 0.4) is 0 Å². The van der Waals surface area contributed by atoms with Gasteiger partial charge in [-0.2, -0.15) is 8.78 Å². The third-order valence-electron chi connectivity index (χ3n) is 4.73. The fourth-order valence-electron chi connectivity index (χ4n) is 3.14. The lowest BCUT2D eigenvalue weighted by Gasteiger charge is -2.18. The smallest absolute Gasteiger partial charge is 0.340 e. The normalized spacial score (nSPS) is 13.4. The molecule has 3 rings (SSSR count). The third kappa shape index (κ3) is 5.88. The van der Waals surface area contributed by atoms with E-state index < -0.39 is 24.8 Å². The molecule has 1 aliphatic rings. The number of hydrogen-bond acceptors (Lipinski definition) is 6. The van der Waals surface area contributed by atoms with Crippen LogP contribution in [0, 0.1) is 0 Å². The summed E-state index contributed by atoms with van der Waals surface area (Å²) in [6.45, 7) is -1.46. The molecule has 2 aromatic heterocycles. The number of ether oxygens (including phenoxy) is 1. The summed E-state index contributed by atoms with van der Waals surface area (Å²) in [6.07, 6.45) is -1.29. The summed E-state index contributed by atoms with van der Waals surface area (Å²) in [7, 11) is 0. The first kappa shape index (κ1) is 24.6. The summed E-state index contributed by atoms with van der Waals surface area (Å²) >= 11 is 5.98. The number of aliphatic hydroxyl groups is 1. The number of amides is 2. The highest BCUT2D eigenvalue weighted by molar-refractivity contribution is 6.31. The van der Waals surface area contributed by atoms with Crippen molar-refractivity contribution in [1.82, 2.24) is 20.2 Å². The van der Waals surface area contributed by atoms with Gasteiger partial charge in [-0.3, -0.25) is 14.6 Å². The first-order chi connectivity index (χ1) is 15.6. The fraction of sp³-hybridized carbons (Fsp3) is 0.400. The molecular weight excluding hydrogens is 472 g/mol. The van der Waals surface area contributed by atoms with Gasteiger partial charge in [0, 0.05) is 43.2 Å². The van der Waals surface area contributed by atoms with Crippen LogP contribution in [0.5, 0.6) is 5.88 Å². The molecule has 2 aromatic rings. The van der Waals surface area contributed by atoms with E-state index in [1.807, 2.05) is 0 Å². The average Bonchev–Trinajstić information content (AvgIpc) is 3.08. The predicted molar refractivity (Wildman–Crippen MR) is 107 cm³/mol. The van der Waals surface area contributed by atoms with Crippen molar-refractivity contribution in [2.75, 3.05) is 19.8 Å². The van der Waals surface area contributed by atoms with Crippen molar-refractivity contribution in [3.63, 3.8) is 0 Å². The molecule has 3 heterocycles. The zero-order chi connectivity index (χ0) is 24.2. The standard InChI is InChI=1S/C20H19ClF4N4O4/c21-14-5-11(7-28-17(14)33-10-20(24,25)19(22)23)8-29-9-13-12(18(29)32)1-2-26-15(13)6-16(31)27-3-4-30/h1-2,5,7,19,30H,3-4,6,8-10H2,(H,27,31). The summed E-state index contributed by atoms with van der Waals surface area (Å²) in [5.74, 6) is -5.44. The molecular formula is C20H19ClF4N4O4. The van der Waals surface area contributed by atoms with E-state index >= 15 is 0 Å². The molecule has 0 spiro atoms. The Hall–Kier alpha value is -2.99. The second kappa shape index (κ2) is 10.3. The molecule has 0 aromatic carbocycles. The second-order valence-electron chi connectivity index (χ2n) is 7.18. The van der Waals surface area contributed by atoms with Gasteiger partial charge in [-0.15, -0.1) is 0 Å². The van der Waals surface area contributed by atoms with Crippen LogP contribution in [0.25, 0.3) is 0 Å². The van der Waals surface area contributed by atoms with Crippen molar-refractivity contribution < 1.29 is 37.0 Å². The van der Waals surface area contributed by atoms with Gasteiger partial charge >= 0.3 is 12.3 Å². The van der Waals surface area contributed by atoms with Gasteiger partial charge in [0.15, 0.2) is 6.61 Å². The van der Waals surface area contributed by atoms with E-state index in [0.717, 1.165) is 0 Å². The number of nitrogens with zero attached hydrogens (tertiary/aromatic N) is 3. The SMILES string of the molecule is O=C(Cc1nccc2c1CN(Cc1cnc(OCC(F)(F)C(F)F)c(Cl)c1)C2=O)NCCO. The molecule has 0 radical (unpaired) electrons. The van der Waals surface area contributed by atoms with Gasteiger partial charge in [0.2, 0.25) is 11.8 Å². The van der Waals surface area contributed by atoms with Gasteiger partial charge in [-0.05, 0) is 17.7 Å². The van der Waals surface area contributed by atoms with Crippen molar-refractivity contribution in [3.8, 4) is 5.88 Å². The number of fused-ring (bicyclic) bond motifs is 1. The largest absolute Gasteiger partial charge is 0.470 e. The highest BCUT2D eigenvalue weighted by Gasteiger charge is 2.42. The van der Waals surface area contributed by atoms with E-state index in [1.54, 1.807) is 0 Å². The monoisotopic (exact) mass is 490 g/mol. The first-order valence-corrected chi connectivity index (χ1v) is 10.1. The molecule has 0 saturated heterocycles. The highest BCUT2D eigenvalue weighted by atomic mass is 35.5. The van der Waals surface area contributed by atoms with Gasteiger partial charge < -0.3 is 20.1 Å². The van der Waals surface area contributed by atoms with Gasteiger partial charge in [0.25, 0.3) is 5.91 Å². The van der Waals surface area contributed by atoms with Crippen LogP contribution in [-0.2, 0) is 24.3 Å². The Balaban J connectivity index is 1.68. The molecule has 0 bridgehead atoms. The van der Waals surface area contributed by atoms with Crippen molar-refractivity contribution in [2.24, 2.45) is 0 Å². The number of hydrogen-bond donors (Lipinski definition) is 2. The summed E-state index contributed by atoms with van der Waals surface area (Å²) in [5.41, 5.74) is 1.86. The average molecular weight is 491 g/mol. The minimum Gasteiger partial charge on any atom is -0.470 e. The Kier molecular flexibility index (Phi) is 7.69. The van der Waals surface area contributed by atoms with Crippen LogP contribution >= 0.6 is 11.6 Å². The highest BCUT2D eigenvalue weighted by Crippen LogP contribution is 2.30. The van der Waals surface area contributed by atoms with E-state index in [9.17, 15) is 27.2 Å². The number of aliphatic hydroxyl groups excluding tert-OH is 1. The molecule has 0 aliphatic carbocycles. The Labute approximate surface area is 190 Å². The maximum Gasteiger partial charge on any atom is 0.340 e. The molecule has 2 N–H and O–H groups in total. The Morgan fingerprint density at radius 1 is 1.36 bits per heavy atom. The lowest BCUT2D eigenvalue weighted by atomic mass is 10.1. The van der Waals surface area contributed by atoms with Gasteiger partial charge in [0.05, 0.1) is 18.7 Å².